The van der Waals surface area contributed by atoms with Gasteiger partial charge in [-0.3, -0.25) is 0 Å². The summed E-state index contributed by atoms with van der Waals surface area (Å²) >= 11 is 6.19. The molecule has 1 N–H and O–H groups in total. The van der Waals surface area contributed by atoms with Crippen molar-refractivity contribution in [2.24, 2.45) is 0 Å². The summed E-state index contributed by atoms with van der Waals surface area (Å²) < 4.78 is 15.3. The minimum Gasteiger partial charge on any atom is -0.313 e. The van der Waals surface area contributed by atoms with Crippen molar-refractivity contribution in [2.75, 3.05) is 6.54 Å². The molecule has 0 fully saturated rings. The third-order valence-electron chi connectivity index (χ3n) is 3.21. The van der Waals surface area contributed by atoms with E-state index in [1.165, 1.54) is 6.07 Å². The topological polar surface area (TPSA) is 29.9 Å². The second-order valence-corrected chi connectivity index (χ2v) is 5.22. The molecule has 0 unspecified atom stereocenters. The molecule has 0 spiro atoms. The summed E-state index contributed by atoms with van der Waals surface area (Å²) in [5.74, 6) is -0.241. The first kappa shape index (κ1) is 15.0. The first-order chi connectivity index (χ1) is 9.54. The van der Waals surface area contributed by atoms with Crippen molar-refractivity contribution >= 4 is 11.6 Å². The lowest BCUT2D eigenvalue weighted by Crippen LogP contribution is -2.16. The SMILES string of the molecule is CCCNCc1cc(F)ccc1-n1nc(C)c(Cl)c1C. The zero-order valence-corrected chi connectivity index (χ0v) is 12.8. The van der Waals surface area contributed by atoms with Gasteiger partial charge >= 0.3 is 0 Å². The molecule has 108 valence electrons. The van der Waals surface area contributed by atoms with Crippen molar-refractivity contribution in [1.29, 1.82) is 0 Å². The van der Waals surface area contributed by atoms with Crippen LogP contribution in [-0.4, -0.2) is 16.3 Å². The van der Waals surface area contributed by atoms with Crippen LogP contribution in [0.3, 0.4) is 0 Å². The van der Waals surface area contributed by atoms with Crippen molar-refractivity contribution in [3.63, 3.8) is 0 Å². The van der Waals surface area contributed by atoms with E-state index in [0.29, 0.717) is 11.6 Å². The van der Waals surface area contributed by atoms with Crippen LogP contribution in [0.25, 0.3) is 5.69 Å². The molecule has 1 heterocycles. The van der Waals surface area contributed by atoms with Crippen LogP contribution in [0.5, 0.6) is 0 Å². The number of nitrogens with zero attached hydrogens (tertiary/aromatic N) is 2. The van der Waals surface area contributed by atoms with E-state index in [-0.39, 0.29) is 5.82 Å². The highest BCUT2D eigenvalue weighted by Gasteiger charge is 2.14. The molecule has 2 aromatic rings. The van der Waals surface area contributed by atoms with Crippen LogP contribution >= 0.6 is 11.6 Å². The Balaban J connectivity index is 2.42. The fourth-order valence-corrected chi connectivity index (χ4v) is 2.28. The average Bonchev–Trinajstić information content (AvgIpc) is 2.67. The lowest BCUT2D eigenvalue weighted by Gasteiger charge is -2.12. The number of aromatic nitrogens is 2. The maximum Gasteiger partial charge on any atom is 0.123 e. The summed E-state index contributed by atoms with van der Waals surface area (Å²) in [5, 5.41) is 8.38. The lowest BCUT2D eigenvalue weighted by molar-refractivity contribution is 0.616. The van der Waals surface area contributed by atoms with E-state index < -0.39 is 0 Å². The summed E-state index contributed by atoms with van der Waals surface area (Å²) in [5.41, 5.74) is 3.39. The normalized spacial score (nSPS) is 11.1. The molecule has 0 saturated carbocycles. The number of aryl methyl sites for hydroxylation is 1. The fourth-order valence-electron chi connectivity index (χ4n) is 2.16. The lowest BCUT2D eigenvalue weighted by atomic mass is 10.1. The Morgan fingerprint density at radius 2 is 2.10 bits per heavy atom. The van der Waals surface area contributed by atoms with Gasteiger partial charge in [0, 0.05) is 6.54 Å². The molecule has 1 aromatic carbocycles. The van der Waals surface area contributed by atoms with Gasteiger partial charge in [-0.2, -0.15) is 5.10 Å². The average molecular weight is 296 g/mol. The molecule has 0 bridgehead atoms. The van der Waals surface area contributed by atoms with Gasteiger partial charge in [-0.25, -0.2) is 9.07 Å². The summed E-state index contributed by atoms with van der Waals surface area (Å²) in [7, 11) is 0. The van der Waals surface area contributed by atoms with Gasteiger partial charge in [0.05, 0.1) is 22.1 Å². The summed E-state index contributed by atoms with van der Waals surface area (Å²) in [6.45, 7) is 7.38. The van der Waals surface area contributed by atoms with Gasteiger partial charge in [-0.1, -0.05) is 18.5 Å². The summed E-state index contributed by atoms with van der Waals surface area (Å²) in [6.07, 6.45) is 1.04. The Morgan fingerprint density at radius 1 is 1.35 bits per heavy atom. The van der Waals surface area contributed by atoms with E-state index in [1.54, 1.807) is 16.8 Å². The predicted octanol–water partition coefficient (Wildman–Crippen LogP) is 3.78. The third kappa shape index (κ3) is 3.02. The van der Waals surface area contributed by atoms with Crippen molar-refractivity contribution in [1.82, 2.24) is 15.1 Å². The predicted molar refractivity (Wildman–Crippen MR) is 80.0 cm³/mol. The molecule has 0 radical (unpaired) electrons. The number of hydrogen-bond acceptors (Lipinski definition) is 2. The van der Waals surface area contributed by atoms with E-state index in [2.05, 4.69) is 17.3 Å². The maximum atomic E-state index is 13.5. The maximum absolute atomic E-state index is 13.5. The van der Waals surface area contributed by atoms with Crippen LogP contribution < -0.4 is 5.32 Å². The number of nitrogens with one attached hydrogen (secondary N) is 1. The zero-order valence-electron chi connectivity index (χ0n) is 12.0. The van der Waals surface area contributed by atoms with Crippen LogP contribution in [0, 0.1) is 19.7 Å². The molecular weight excluding hydrogens is 277 g/mol. The monoisotopic (exact) mass is 295 g/mol. The Bertz CT molecular complexity index is 607. The van der Waals surface area contributed by atoms with E-state index in [0.717, 1.165) is 35.6 Å². The van der Waals surface area contributed by atoms with E-state index in [1.807, 2.05) is 13.8 Å². The molecule has 0 aliphatic rings. The van der Waals surface area contributed by atoms with Crippen LogP contribution in [0.2, 0.25) is 5.02 Å². The van der Waals surface area contributed by atoms with Gasteiger partial charge in [0.25, 0.3) is 0 Å². The number of benzene rings is 1. The first-order valence-corrected chi connectivity index (χ1v) is 7.13. The van der Waals surface area contributed by atoms with Crippen molar-refractivity contribution < 1.29 is 4.39 Å². The Kier molecular flexibility index (Phi) is 4.78. The van der Waals surface area contributed by atoms with Gasteiger partial charge in [-0.05, 0) is 50.6 Å². The van der Waals surface area contributed by atoms with Crippen LogP contribution in [0.4, 0.5) is 4.39 Å². The highest BCUT2D eigenvalue weighted by molar-refractivity contribution is 6.31. The molecule has 0 aliphatic carbocycles. The quantitative estimate of drug-likeness (QED) is 0.851. The Hall–Kier alpha value is -1.39. The van der Waals surface area contributed by atoms with E-state index >= 15 is 0 Å². The van der Waals surface area contributed by atoms with Crippen LogP contribution in [-0.2, 0) is 6.54 Å². The number of rotatable bonds is 5. The van der Waals surface area contributed by atoms with Gasteiger partial charge in [0.1, 0.15) is 5.82 Å². The van der Waals surface area contributed by atoms with E-state index in [4.69, 9.17) is 11.6 Å². The highest BCUT2D eigenvalue weighted by atomic mass is 35.5. The van der Waals surface area contributed by atoms with Gasteiger partial charge in [0.15, 0.2) is 0 Å². The zero-order chi connectivity index (χ0) is 14.7. The van der Waals surface area contributed by atoms with Gasteiger partial charge in [-0.15, -0.1) is 0 Å². The van der Waals surface area contributed by atoms with Crippen molar-refractivity contribution in [3.8, 4) is 5.69 Å². The standard InChI is InChI=1S/C15H19ClFN3/c1-4-7-18-9-12-8-13(17)5-6-14(12)20-11(3)15(16)10(2)19-20/h5-6,8,18H,4,7,9H2,1-3H3. The second kappa shape index (κ2) is 6.37. The summed E-state index contributed by atoms with van der Waals surface area (Å²) in [6, 6.07) is 4.74. The van der Waals surface area contributed by atoms with E-state index in [9.17, 15) is 4.39 Å². The first-order valence-electron chi connectivity index (χ1n) is 6.75. The van der Waals surface area contributed by atoms with Crippen LogP contribution in [0.1, 0.15) is 30.3 Å². The molecule has 5 heteroatoms. The molecule has 20 heavy (non-hydrogen) atoms. The molecule has 2 rings (SSSR count). The minimum absolute atomic E-state index is 0.241. The molecule has 0 atom stereocenters. The molecular formula is C15H19ClFN3. The number of hydrogen-bond donors (Lipinski definition) is 1. The smallest absolute Gasteiger partial charge is 0.123 e. The highest BCUT2D eigenvalue weighted by Crippen LogP contribution is 2.24. The summed E-state index contributed by atoms with van der Waals surface area (Å²) in [4.78, 5) is 0. The van der Waals surface area contributed by atoms with Crippen molar-refractivity contribution in [2.45, 2.75) is 33.7 Å². The Morgan fingerprint density at radius 3 is 2.70 bits per heavy atom. The number of halogens is 2. The molecule has 3 nitrogen and oxygen atoms in total. The van der Waals surface area contributed by atoms with Gasteiger partial charge in [0.2, 0.25) is 0 Å². The second-order valence-electron chi connectivity index (χ2n) is 4.85. The van der Waals surface area contributed by atoms with Gasteiger partial charge < -0.3 is 5.32 Å². The van der Waals surface area contributed by atoms with Crippen molar-refractivity contribution in [3.05, 3.63) is 46.0 Å². The molecule has 0 aliphatic heterocycles. The molecule has 0 amide bonds. The fraction of sp³-hybridized carbons (Fsp3) is 0.400. The minimum atomic E-state index is -0.241. The molecule has 1 aromatic heterocycles. The third-order valence-corrected chi connectivity index (χ3v) is 3.76. The largest absolute Gasteiger partial charge is 0.313 e. The Labute approximate surface area is 123 Å². The van der Waals surface area contributed by atoms with Crippen LogP contribution in [0.15, 0.2) is 18.2 Å². The molecule has 0 saturated heterocycles.